The van der Waals surface area contributed by atoms with Crippen LogP contribution in [0.25, 0.3) is 0 Å². The molecular weight excluding hydrogens is 242 g/mol. The molecule has 1 rings (SSSR count). The first-order valence-electron chi connectivity index (χ1n) is 5.20. The Balaban J connectivity index is 2.66. The monoisotopic (exact) mass is 257 g/mol. The molecule has 5 nitrogen and oxygen atoms in total. The highest BCUT2D eigenvalue weighted by molar-refractivity contribution is 7.10. The summed E-state index contributed by atoms with van der Waals surface area (Å²) in [5, 5.41) is 4.52. The van der Waals surface area contributed by atoms with Crippen molar-refractivity contribution in [3.05, 3.63) is 22.4 Å². The van der Waals surface area contributed by atoms with Gasteiger partial charge in [0, 0.05) is 4.88 Å². The number of carbonyl (C=O) groups excluding carboxylic acids is 2. The van der Waals surface area contributed by atoms with Crippen molar-refractivity contribution >= 4 is 23.4 Å². The molecule has 0 aliphatic rings. The molecule has 0 aliphatic heterocycles. The fourth-order valence-electron chi connectivity index (χ4n) is 1.28. The first kappa shape index (κ1) is 13.5. The minimum atomic E-state index is -0.533. The predicted molar refractivity (Wildman–Crippen MR) is 63.9 cm³/mol. The molecule has 0 fully saturated rings. The van der Waals surface area contributed by atoms with Gasteiger partial charge in [-0.25, -0.2) is 4.79 Å². The van der Waals surface area contributed by atoms with Crippen molar-refractivity contribution in [1.29, 1.82) is 0 Å². The molecule has 1 atom stereocenters. The van der Waals surface area contributed by atoms with Gasteiger partial charge in [0.25, 0.3) is 0 Å². The normalized spacial score (nSPS) is 11.6. The van der Waals surface area contributed by atoms with Gasteiger partial charge in [0.05, 0.1) is 26.2 Å². The summed E-state index contributed by atoms with van der Waals surface area (Å²) >= 11 is 1.47. The number of thiophene rings is 1. The van der Waals surface area contributed by atoms with Gasteiger partial charge in [-0.15, -0.1) is 11.3 Å². The van der Waals surface area contributed by atoms with E-state index in [4.69, 9.17) is 4.74 Å². The summed E-state index contributed by atoms with van der Waals surface area (Å²) in [4.78, 5) is 23.5. The van der Waals surface area contributed by atoms with Gasteiger partial charge in [-0.1, -0.05) is 6.07 Å². The topological polar surface area (TPSA) is 64.6 Å². The highest BCUT2D eigenvalue weighted by atomic mass is 32.1. The van der Waals surface area contributed by atoms with Crippen LogP contribution in [0.3, 0.4) is 0 Å². The quantitative estimate of drug-likeness (QED) is 0.820. The molecule has 0 bridgehead atoms. The number of ether oxygens (including phenoxy) is 2. The molecule has 0 aromatic carbocycles. The zero-order chi connectivity index (χ0) is 12.7. The number of amides is 1. The predicted octanol–water partition coefficient (Wildman–Crippen LogP) is 2.10. The molecule has 1 N–H and O–H groups in total. The van der Waals surface area contributed by atoms with Crippen LogP contribution in [0, 0.1) is 0 Å². The van der Waals surface area contributed by atoms with Crippen LogP contribution in [0.4, 0.5) is 4.79 Å². The standard InChI is InChI=1S/C11H15NO4S/c1-3-16-11(14)12-8(7-10(13)15-2)9-5-4-6-17-9/h4-6,8H,3,7H2,1-2H3,(H,12,14). The molecule has 1 amide bonds. The fraction of sp³-hybridized carbons (Fsp3) is 0.455. The third-order valence-corrected chi connectivity index (χ3v) is 3.04. The van der Waals surface area contributed by atoms with Crippen molar-refractivity contribution in [3.63, 3.8) is 0 Å². The maximum atomic E-state index is 11.3. The molecule has 0 radical (unpaired) electrons. The number of hydrogen-bond acceptors (Lipinski definition) is 5. The van der Waals surface area contributed by atoms with Gasteiger partial charge in [0.2, 0.25) is 0 Å². The summed E-state index contributed by atoms with van der Waals surface area (Å²) in [5.41, 5.74) is 0. The summed E-state index contributed by atoms with van der Waals surface area (Å²) in [6, 6.07) is 3.31. The van der Waals surface area contributed by atoms with Crippen LogP contribution < -0.4 is 5.32 Å². The van der Waals surface area contributed by atoms with E-state index in [0.29, 0.717) is 6.61 Å². The van der Waals surface area contributed by atoms with E-state index in [0.717, 1.165) is 4.88 Å². The van der Waals surface area contributed by atoms with E-state index in [1.807, 2.05) is 17.5 Å². The van der Waals surface area contributed by atoms with Crippen LogP contribution in [0.5, 0.6) is 0 Å². The van der Waals surface area contributed by atoms with Crippen LogP contribution in [0.2, 0.25) is 0 Å². The number of methoxy groups -OCH3 is 1. The van der Waals surface area contributed by atoms with E-state index < -0.39 is 12.1 Å². The number of carbonyl (C=O) groups is 2. The molecule has 0 spiro atoms. The van der Waals surface area contributed by atoms with Crippen LogP contribution in [0.15, 0.2) is 17.5 Å². The summed E-state index contributed by atoms with van der Waals surface area (Å²) in [5.74, 6) is -0.375. The molecule has 0 aliphatic carbocycles. The molecule has 0 saturated carbocycles. The largest absolute Gasteiger partial charge is 0.469 e. The second-order valence-corrected chi connectivity index (χ2v) is 4.19. The average molecular weight is 257 g/mol. The molecule has 1 aromatic rings. The second-order valence-electron chi connectivity index (χ2n) is 3.21. The minimum absolute atomic E-state index is 0.0931. The van der Waals surface area contributed by atoms with Gasteiger partial charge in [0.15, 0.2) is 0 Å². The maximum absolute atomic E-state index is 11.3. The Morgan fingerprint density at radius 3 is 2.82 bits per heavy atom. The van der Waals surface area contributed by atoms with Crippen LogP contribution in [0.1, 0.15) is 24.3 Å². The number of hydrogen-bond donors (Lipinski definition) is 1. The molecular formula is C11H15NO4S. The van der Waals surface area contributed by atoms with E-state index in [1.165, 1.54) is 18.4 Å². The van der Waals surface area contributed by atoms with Gasteiger partial charge in [0.1, 0.15) is 0 Å². The van der Waals surface area contributed by atoms with Crippen molar-refractivity contribution in [2.75, 3.05) is 13.7 Å². The third kappa shape index (κ3) is 4.44. The molecule has 94 valence electrons. The number of esters is 1. The van der Waals surface area contributed by atoms with Gasteiger partial charge >= 0.3 is 12.1 Å². The van der Waals surface area contributed by atoms with Crippen molar-refractivity contribution in [2.45, 2.75) is 19.4 Å². The highest BCUT2D eigenvalue weighted by Gasteiger charge is 2.20. The maximum Gasteiger partial charge on any atom is 0.407 e. The lowest BCUT2D eigenvalue weighted by Gasteiger charge is -2.15. The lowest BCUT2D eigenvalue weighted by atomic mass is 10.2. The SMILES string of the molecule is CCOC(=O)NC(CC(=O)OC)c1cccs1. The van der Waals surface area contributed by atoms with Crippen molar-refractivity contribution in [1.82, 2.24) is 5.32 Å². The Labute approximate surface area is 104 Å². The Morgan fingerprint density at radius 2 is 2.29 bits per heavy atom. The van der Waals surface area contributed by atoms with Crippen molar-refractivity contribution in [2.24, 2.45) is 0 Å². The Kier molecular flexibility index (Phi) is 5.48. The van der Waals surface area contributed by atoms with Crippen LogP contribution in [-0.2, 0) is 14.3 Å². The third-order valence-electron chi connectivity index (χ3n) is 2.05. The zero-order valence-corrected chi connectivity index (χ0v) is 10.6. The van der Waals surface area contributed by atoms with Gasteiger partial charge in [-0.05, 0) is 18.4 Å². The van der Waals surface area contributed by atoms with Gasteiger partial charge in [-0.2, -0.15) is 0 Å². The molecule has 6 heteroatoms. The first-order chi connectivity index (χ1) is 8.17. The molecule has 1 aromatic heterocycles. The number of nitrogens with one attached hydrogen (secondary N) is 1. The summed E-state index contributed by atoms with van der Waals surface area (Å²) in [6.07, 6.45) is -0.440. The van der Waals surface area contributed by atoms with E-state index in [-0.39, 0.29) is 12.4 Å². The van der Waals surface area contributed by atoms with E-state index in [9.17, 15) is 9.59 Å². The van der Waals surface area contributed by atoms with Crippen molar-refractivity contribution in [3.8, 4) is 0 Å². The molecule has 17 heavy (non-hydrogen) atoms. The fourth-order valence-corrected chi connectivity index (χ4v) is 2.06. The van der Waals surface area contributed by atoms with Crippen molar-refractivity contribution < 1.29 is 19.1 Å². The Bertz CT molecular complexity index is 364. The Hall–Kier alpha value is -1.56. The summed E-state index contributed by atoms with van der Waals surface area (Å²) in [7, 11) is 1.32. The second kappa shape index (κ2) is 6.90. The lowest BCUT2D eigenvalue weighted by Crippen LogP contribution is -2.30. The van der Waals surface area contributed by atoms with Gasteiger partial charge in [-0.3, -0.25) is 4.79 Å². The first-order valence-corrected chi connectivity index (χ1v) is 6.08. The van der Waals surface area contributed by atoms with Gasteiger partial charge < -0.3 is 14.8 Å². The van der Waals surface area contributed by atoms with E-state index in [2.05, 4.69) is 10.1 Å². The van der Waals surface area contributed by atoms with Crippen LogP contribution >= 0.6 is 11.3 Å². The summed E-state index contributed by atoms with van der Waals surface area (Å²) < 4.78 is 9.38. The molecule has 1 heterocycles. The zero-order valence-electron chi connectivity index (χ0n) is 9.76. The Morgan fingerprint density at radius 1 is 1.53 bits per heavy atom. The molecule has 1 unspecified atom stereocenters. The van der Waals surface area contributed by atoms with E-state index >= 15 is 0 Å². The molecule has 0 saturated heterocycles. The average Bonchev–Trinajstić information content (AvgIpc) is 2.81. The lowest BCUT2D eigenvalue weighted by molar-refractivity contribution is -0.141. The minimum Gasteiger partial charge on any atom is -0.469 e. The summed E-state index contributed by atoms with van der Waals surface area (Å²) in [6.45, 7) is 2.02. The smallest absolute Gasteiger partial charge is 0.407 e. The number of rotatable bonds is 5. The van der Waals surface area contributed by atoms with E-state index in [1.54, 1.807) is 6.92 Å². The highest BCUT2D eigenvalue weighted by Crippen LogP contribution is 2.22. The number of alkyl carbamates (subject to hydrolysis) is 1. The van der Waals surface area contributed by atoms with Crippen LogP contribution in [-0.4, -0.2) is 25.8 Å².